The van der Waals surface area contributed by atoms with E-state index in [-0.39, 0.29) is 5.75 Å². The predicted octanol–water partition coefficient (Wildman–Crippen LogP) is 4.65. The Morgan fingerprint density at radius 1 is 0.800 bits per heavy atom. The number of hydrogen-bond acceptors (Lipinski definition) is 3. The Bertz CT molecular complexity index is 726. The van der Waals surface area contributed by atoms with Gasteiger partial charge in [-0.1, -0.05) is 61.7 Å². The van der Waals surface area contributed by atoms with Gasteiger partial charge in [-0.05, 0) is 42.5 Å². The van der Waals surface area contributed by atoms with E-state index >= 15 is 0 Å². The zero-order valence-electron chi connectivity index (χ0n) is 14.4. The second-order valence-electron chi connectivity index (χ2n) is 6.23. The Balaban J connectivity index is 1.65. The van der Waals surface area contributed by atoms with Gasteiger partial charge in [-0.15, -0.1) is 0 Å². The molecular weight excluding hydrogens is 336 g/mol. The maximum Gasteiger partial charge on any atom is 0.264 e. The summed E-state index contributed by atoms with van der Waals surface area (Å²) >= 11 is 0. The molecule has 0 unspecified atom stereocenters. The van der Waals surface area contributed by atoms with Crippen LogP contribution in [0, 0.1) is 0 Å². The quantitative estimate of drug-likeness (QED) is 0.467. The third-order valence-electron chi connectivity index (χ3n) is 4.01. The normalized spacial score (nSPS) is 11.4. The number of benzene rings is 2. The SMILES string of the molecule is O=S(=O)(O)CCCCCCCc1cccc(OCc2ccccc2)c1. The number of rotatable bonds is 11. The van der Waals surface area contributed by atoms with Crippen LogP contribution >= 0.6 is 0 Å². The van der Waals surface area contributed by atoms with Crippen LogP contribution in [-0.2, 0) is 23.1 Å². The first-order valence-electron chi connectivity index (χ1n) is 8.74. The fourth-order valence-electron chi connectivity index (χ4n) is 2.68. The van der Waals surface area contributed by atoms with Gasteiger partial charge in [-0.3, -0.25) is 4.55 Å². The smallest absolute Gasteiger partial charge is 0.264 e. The first-order valence-corrected chi connectivity index (χ1v) is 10.3. The van der Waals surface area contributed by atoms with E-state index in [9.17, 15) is 8.42 Å². The number of unbranched alkanes of at least 4 members (excludes halogenated alkanes) is 4. The molecule has 0 spiro atoms. The van der Waals surface area contributed by atoms with Gasteiger partial charge in [0.05, 0.1) is 5.75 Å². The predicted molar refractivity (Wildman–Crippen MR) is 100 cm³/mol. The van der Waals surface area contributed by atoms with E-state index < -0.39 is 10.1 Å². The fourth-order valence-corrected chi connectivity index (χ4v) is 3.24. The van der Waals surface area contributed by atoms with Crippen LogP contribution in [0.15, 0.2) is 54.6 Å². The van der Waals surface area contributed by atoms with Crippen molar-refractivity contribution in [1.82, 2.24) is 0 Å². The molecule has 4 nitrogen and oxygen atoms in total. The van der Waals surface area contributed by atoms with E-state index in [0.29, 0.717) is 13.0 Å². The monoisotopic (exact) mass is 362 g/mol. The molecule has 0 saturated heterocycles. The molecule has 0 aromatic heterocycles. The molecule has 25 heavy (non-hydrogen) atoms. The summed E-state index contributed by atoms with van der Waals surface area (Å²) in [5, 5.41) is 0. The molecule has 0 aliphatic heterocycles. The van der Waals surface area contributed by atoms with Crippen molar-refractivity contribution in [3.8, 4) is 5.75 Å². The van der Waals surface area contributed by atoms with Gasteiger partial charge in [0.2, 0.25) is 0 Å². The van der Waals surface area contributed by atoms with Crippen LogP contribution in [0.2, 0.25) is 0 Å². The highest BCUT2D eigenvalue weighted by molar-refractivity contribution is 7.85. The Morgan fingerprint density at radius 3 is 2.24 bits per heavy atom. The second-order valence-corrected chi connectivity index (χ2v) is 7.80. The van der Waals surface area contributed by atoms with Crippen LogP contribution in [0.4, 0.5) is 0 Å². The fraction of sp³-hybridized carbons (Fsp3) is 0.400. The van der Waals surface area contributed by atoms with E-state index in [1.807, 2.05) is 42.5 Å². The Hall–Kier alpha value is -1.85. The molecule has 0 bridgehead atoms. The van der Waals surface area contributed by atoms with Crippen LogP contribution in [0.25, 0.3) is 0 Å². The van der Waals surface area contributed by atoms with E-state index in [1.165, 1.54) is 5.56 Å². The Labute approximate surface area is 150 Å². The number of aryl methyl sites for hydroxylation is 1. The molecule has 2 aromatic carbocycles. The average molecular weight is 362 g/mol. The van der Waals surface area contributed by atoms with Gasteiger partial charge in [0.15, 0.2) is 0 Å². The Kier molecular flexibility index (Phi) is 7.95. The topological polar surface area (TPSA) is 63.6 Å². The molecule has 2 aromatic rings. The standard InChI is InChI=1S/C20H26O4S/c21-25(22,23)15-8-3-1-2-5-10-18-13-9-14-20(16-18)24-17-19-11-6-4-7-12-19/h4,6-7,9,11-14,16H,1-3,5,8,10,15,17H2,(H,21,22,23). The second kappa shape index (κ2) is 10.2. The molecule has 0 atom stereocenters. The molecule has 0 saturated carbocycles. The lowest BCUT2D eigenvalue weighted by Gasteiger charge is -2.08. The van der Waals surface area contributed by atoms with Crippen molar-refractivity contribution in [2.75, 3.05) is 5.75 Å². The first kappa shape index (κ1) is 19.5. The van der Waals surface area contributed by atoms with Crippen molar-refractivity contribution < 1.29 is 17.7 Å². The van der Waals surface area contributed by atoms with Crippen molar-refractivity contribution in [2.24, 2.45) is 0 Å². The van der Waals surface area contributed by atoms with Crippen LogP contribution in [0.3, 0.4) is 0 Å². The van der Waals surface area contributed by atoms with Crippen molar-refractivity contribution in [3.05, 3.63) is 65.7 Å². The minimum absolute atomic E-state index is 0.131. The summed E-state index contributed by atoms with van der Waals surface area (Å²) in [5.41, 5.74) is 2.40. The average Bonchev–Trinajstić information content (AvgIpc) is 2.59. The molecule has 0 radical (unpaired) electrons. The third-order valence-corrected chi connectivity index (χ3v) is 4.82. The summed E-state index contributed by atoms with van der Waals surface area (Å²) in [6.07, 6.45) is 5.46. The van der Waals surface area contributed by atoms with Gasteiger partial charge >= 0.3 is 0 Å². The first-order chi connectivity index (χ1) is 12.0. The maximum absolute atomic E-state index is 10.6. The van der Waals surface area contributed by atoms with Crippen LogP contribution in [0.1, 0.15) is 43.2 Å². The summed E-state index contributed by atoms with van der Waals surface area (Å²) in [7, 11) is -3.80. The van der Waals surface area contributed by atoms with Crippen molar-refractivity contribution in [2.45, 2.75) is 45.1 Å². The highest BCUT2D eigenvalue weighted by atomic mass is 32.2. The van der Waals surface area contributed by atoms with Crippen LogP contribution < -0.4 is 4.74 Å². The van der Waals surface area contributed by atoms with Crippen molar-refractivity contribution >= 4 is 10.1 Å². The molecule has 0 heterocycles. The zero-order valence-corrected chi connectivity index (χ0v) is 15.2. The molecule has 0 aliphatic carbocycles. The maximum atomic E-state index is 10.6. The van der Waals surface area contributed by atoms with Crippen LogP contribution in [-0.4, -0.2) is 18.7 Å². The lowest BCUT2D eigenvalue weighted by molar-refractivity contribution is 0.306. The van der Waals surface area contributed by atoms with E-state index in [2.05, 4.69) is 12.1 Å². The number of hydrogen-bond donors (Lipinski definition) is 1. The molecule has 0 amide bonds. The van der Waals surface area contributed by atoms with Gasteiger partial charge < -0.3 is 4.74 Å². The molecule has 1 N–H and O–H groups in total. The molecular formula is C20H26O4S. The molecule has 0 aliphatic rings. The highest BCUT2D eigenvalue weighted by Gasteiger charge is 2.03. The zero-order chi connectivity index (χ0) is 18.0. The molecule has 136 valence electrons. The minimum atomic E-state index is -3.80. The summed E-state index contributed by atoms with van der Waals surface area (Å²) in [5.74, 6) is 0.753. The van der Waals surface area contributed by atoms with Gasteiger partial charge in [0.25, 0.3) is 10.1 Å². The summed E-state index contributed by atoms with van der Waals surface area (Å²) in [6, 6.07) is 18.3. The molecule has 5 heteroatoms. The largest absolute Gasteiger partial charge is 0.489 e. The van der Waals surface area contributed by atoms with Crippen molar-refractivity contribution in [1.29, 1.82) is 0 Å². The minimum Gasteiger partial charge on any atom is -0.489 e. The third kappa shape index (κ3) is 8.70. The lowest BCUT2D eigenvalue weighted by Crippen LogP contribution is -2.03. The lowest BCUT2D eigenvalue weighted by atomic mass is 10.1. The molecule has 0 fully saturated rings. The summed E-state index contributed by atoms with van der Waals surface area (Å²) < 4.78 is 35.8. The Morgan fingerprint density at radius 2 is 1.48 bits per heavy atom. The van der Waals surface area contributed by atoms with E-state index in [0.717, 1.165) is 43.4 Å². The summed E-state index contributed by atoms with van der Waals surface area (Å²) in [6.45, 7) is 0.568. The van der Waals surface area contributed by atoms with Gasteiger partial charge in [-0.25, -0.2) is 0 Å². The van der Waals surface area contributed by atoms with Gasteiger partial charge in [-0.2, -0.15) is 8.42 Å². The van der Waals surface area contributed by atoms with Crippen LogP contribution in [0.5, 0.6) is 5.75 Å². The number of ether oxygens (including phenoxy) is 1. The van der Waals surface area contributed by atoms with E-state index in [1.54, 1.807) is 0 Å². The van der Waals surface area contributed by atoms with E-state index in [4.69, 9.17) is 9.29 Å². The van der Waals surface area contributed by atoms with Crippen molar-refractivity contribution in [3.63, 3.8) is 0 Å². The van der Waals surface area contributed by atoms with Gasteiger partial charge in [0, 0.05) is 0 Å². The summed E-state index contributed by atoms with van der Waals surface area (Å²) in [4.78, 5) is 0. The van der Waals surface area contributed by atoms with Gasteiger partial charge in [0.1, 0.15) is 12.4 Å². The molecule has 2 rings (SSSR count). The highest BCUT2D eigenvalue weighted by Crippen LogP contribution is 2.17.